The first kappa shape index (κ1) is 6.48. The van der Waals surface area contributed by atoms with Crippen LogP contribution in [0.3, 0.4) is 0 Å². The van der Waals surface area contributed by atoms with Crippen molar-refractivity contribution in [3.63, 3.8) is 0 Å². The number of carbonyl (C=O) groups is 2. The molecule has 0 saturated heterocycles. The van der Waals surface area contributed by atoms with E-state index in [0.717, 1.165) is 12.0 Å². The van der Waals surface area contributed by atoms with Crippen LogP contribution in [0, 0.1) is 0 Å². The quantitative estimate of drug-likeness (QED) is 0.380. The second-order valence-corrected chi connectivity index (χ2v) is 2.71. The molecule has 0 aromatic heterocycles. The van der Waals surface area contributed by atoms with E-state index in [2.05, 4.69) is 5.32 Å². The van der Waals surface area contributed by atoms with Crippen LogP contribution in [0.2, 0.25) is 0 Å². The molecule has 4 nitrogen and oxygen atoms in total. The van der Waals surface area contributed by atoms with Gasteiger partial charge in [-0.05, 0) is 6.08 Å². The summed E-state index contributed by atoms with van der Waals surface area (Å²) in [5.41, 5.74) is 0.339. The second kappa shape index (κ2) is 2.13. The lowest BCUT2D eigenvalue weighted by Crippen LogP contribution is -2.13. The van der Waals surface area contributed by atoms with Gasteiger partial charge in [0.2, 0.25) is 0 Å². The molecule has 0 saturated carbocycles. The Kier molecular flexibility index (Phi) is 1.25. The van der Waals surface area contributed by atoms with Crippen molar-refractivity contribution < 1.29 is 13.8 Å². The van der Waals surface area contributed by atoms with Gasteiger partial charge in [-0.15, -0.1) is 0 Å². The zero-order chi connectivity index (χ0) is 7.84. The molecule has 0 aliphatic carbocycles. The topological polar surface area (TPSA) is 57.5 Å². The number of rotatable bonds is 0. The maximum atomic E-state index is 10.9. The van der Waals surface area contributed by atoms with Crippen LogP contribution in [0.15, 0.2) is 22.8 Å². The highest BCUT2D eigenvalue weighted by molar-refractivity contribution is 7.99. The molecule has 0 fully saturated rings. The molecule has 2 amide bonds. The van der Waals surface area contributed by atoms with E-state index in [1.54, 1.807) is 0 Å². The summed E-state index contributed by atoms with van der Waals surface area (Å²) in [6.07, 6.45) is 2.80. The molecule has 2 heterocycles. The third-order valence-corrected chi connectivity index (χ3v) is 2.06. The molecule has 0 bridgehead atoms. The Balaban J connectivity index is 2.49. The van der Waals surface area contributed by atoms with Crippen molar-refractivity contribution in [1.29, 1.82) is 0 Å². The maximum absolute atomic E-state index is 10.9. The van der Waals surface area contributed by atoms with E-state index in [4.69, 9.17) is 4.18 Å². The van der Waals surface area contributed by atoms with Crippen molar-refractivity contribution in [3.8, 4) is 0 Å². The predicted octanol–water partition coefficient (Wildman–Crippen LogP) is 0.104. The molecule has 0 spiro atoms. The summed E-state index contributed by atoms with van der Waals surface area (Å²) in [6.45, 7) is 0. The summed E-state index contributed by atoms with van der Waals surface area (Å²) in [5, 5.41) is 3.23. The SMILES string of the molecule is O=C1[N]C(=O)C2=C1C=COS2. The van der Waals surface area contributed by atoms with Gasteiger partial charge in [-0.3, -0.25) is 9.59 Å². The van der Waals surface area contributed by atoms with Gasteiger partial charge in [0, 0.05) is 0 Å². The minimum absolute atomic E-state index is 0.289. The van der Waals surface area contributed by atoms with Crippen molar-refractivity contribution in [2.45, 2.75) is 0 Å². The van der Waals surface area contributed by atoms with E-state index in [1.807, 2.05) is 0 Å². The highest BCUT2D eigenvalue weighted by Crippen LogP contribution is 2.30. The van der Waals surface area contributed by atoms with Crippen LogP contribution < -0.4 is 5.32 Å². The molecule has 0 aromatic carbocycles. The lowest BCUT2D eigenvalue weighted by Gasteiger charge is -2.01. The van der Waals surface area contributed by atoms with Crippen molar-refractivity contribution in [1.82, 2.24) is 5.32 Å². The fraction of sp³-hybridized carbons (Fsp3) is 0. The number of hydrogen-bond acceptors (Lipinski definition) is 4. The standard InChI is InChI=1S/C6H2NO3S/c8-5-3-1-2-10-11-4(3)6(9)7-5/h1-2H. The highest BCUT2D eigenvalue weighted by Gasteiger charge is 2.33. The number of hydrogen-bond donors (Lipinski definition) is 0. The van der Waals surface area contributed by atoms with Gasteiger partial charge >= 0.3 is 0 Å². The van der Waals surface area contributed by atoms with E-state index < -0.39 is 11.8 Å². The predicted molar refractivity (Wildman–Crippen MR) is 37.0 cm³/mol. The Hall–Kier alpha value is -1.23. The van der Waals surface area contributed by atoms with Gasteiger partial charge in [0.05, 0.1) is 17.6 Å². The van der Waals surface area contributed by atoms with Crippen LogP contribution in [-0.2, 0) is 13.8 Å². The van der Waals surface area contributed by atoms with Crippen molar-refractivity contribution in [2.24, 2.45) is 0 Å². The number of amides is 2. The molecule has 1 radical (unpaired) electrons. The smallest absolute Gasteiger partial charge is 0.291 e. The second-order valence-electron chi connectivity index (χ2n) is 1.95. The van der Waals surface area contributed by atoms with Gasteiger partial charge in [0.25, 0.3) is 11.8 Å². The fourth-order valence-electron chi connectivity index (χ4n) is 0.815. The van der Waals surface area contributed by atoms with Crippen LogP contribution in [0.4, 0.5) is 0 Å². The summed E-state index contributed by atoms with van der Waals surface area (Å²) < 4.78 is 4.75. The Morgan fingerprint density at radius 2 is 2.18 bits per heavy atom. The van der Waals surface area contributed by atoms with Crippen LogP contribution in [0.25, 0.3) is 0 Å². The minimum atomic E-state index is -0.501. The van der Waals surface area contributed by atoms with Crippen molar-refractivity contribution in [2.75, 3.05) is 0 Å². The van der Waals surface area contributed by atoms with E-state index in [1.165, 1.54) is 12.3 Å². The monoisotopic (exact) mass is 168 g/mol. The van der Waals surface area contributed by atoms with Gasteiger partial charge in [-0.1, -0.05) is 0 Å². The zero-order valence-electron chi connectivity index (χ0n) is 5.23. The number of carbonyl (C=O) groups excluding carboxylic acids is 2. The van der Waals surface area contributed by atoms with Gasteiger partial charge in [0.1, 0.15) is 11.2 Å². The minimum Gasteiger partial charge on any atom is -0.428 e. The number of nitrogens with zero attached hydrogens (tertiary/aromatic N) is 1. The molecule has 0 atom stereocenters. The van der Waals surface area contributed by atoms with Crippen LogP contribution in [-0.4, -0.2) is 11.8 Å². The summed E-state index contributed by atoms with van der Waals surface area (Å²) in [6, 6.07) is 0. The molecule has 2 rings (SSSR count). The third-order valence-electron chi connectivity index (χ3n) is 1.29. The highest BCUT2D eigenvalue weighted by atomic mass is 32.2. The van der Waals surface area contributed by atoms with Crippen molar-refractivity contribution >= 4 is 23.9 Å². The van der Waals surface area contributed by atoms with Gasteiger partial charge in [-0.25, -0.2) is 0 Å². The Bertz CT molecular complexity index is 305. The molecule has 0 N–H and O–H groups in total. The van der Waals surface area contributed by atoms with Crippen LogP contribution in [0.1, 0.15) is 0 Å². The van der Waals surface area contributed by atoms with Crippen LogP contribution >= 0.6 is 12.0 Å². The maximum Gasteiger partial charge on any atom is 0.291 e. The largest absolute Gasteiger partial charge is 0.428 e. The lowest BCUT2D eigenvalue weighted by molar-refractivity contribution is -0.124. The summed E-state index contributed by atoms with van der Waals surface area (Å²) in [5.74, 6) is -0.976. The lowest BCUT2D eigenvalue weighted by atomic mass is 10.3. The Morgan fingerprint density at radius 3 is 2.91 bits per heavy atom. The van der Waals surface area contributed by atoms with E-state index in [9.17, 15) is 9.59 Å². The molecule has 0 unspecified atom stereocenters. The van der Waals surface area contributed by atoms with E-state index >= 15 is 0 Å². The molecule has 2 aliphatic rings. The summed E-state index contributed by atoms with van der Waals surface area (Å²) >= 11 is 0.874. The van der Waals surface area contributed by atoms with Crippen molar-refractivity contribution in [3.05, 3.63) is 22.8 Å². The third kappa shape index (κ3) is 0.848. The summed E-state index contributed by atoms with van der Waals surface area (Å²) in [4.78, 5) is 22.0. The van der Waals surface area contributed by atoms with Crippen LogP contribution in [0.5, 0.6) is 0 Å². The average molecular weight is 168 g/mol. The first-order valence-corrected chi connectivity index (χ1v) is 3.58. The molecule has 11 heavy (non-hydrogen) atoms. The van der Waals surface area contributed by atoms with E-state index in [0.29, 0.717) is 5.57 Å². The Labute approximate surface area is 66.5 Å². The zero-order valence-corrected chi connectivity index (χ0v) is 6.05. The fourth-order valence-corrected chi connectivity index (χ4v) is 1.38. The molecular formula is C6H2NO3S. The first-order valence-electron chi connectivity index (χ1n) is 2.83. The molecule has 0 aromatic rings. The van der Waals surface area contributed by atoms with E-state index in [-0.39, 0.29) is 4.91 Å². The first-order chi connectivity index (χ1) is 5.29. The Morgan fingerprint density at radius 1 is 1.36 bits per heavy atom. The molecule has 55 valence electrons. The van der Waals surface area contributed by atoms with Gasteiger partial charge in [0.15, 0.2) is 0 Å². The van der Waals surface area contributed by atoms with Gasteiger partial charge in [-0.2, -0.15) is 5.32 Å². The summed E-state index contributed by atoms with van der Waals surface area (Å²) in [7, 11) is 0. The van der Waals surface area contributed by atoms with Gasteiger partial charge < -0.3 is 4.18 Å². The molecular weight excluding hydrogens is 166 g/mol. The number of imide groups is 1. The molecule has 5 heteroatoms. The average Bonchev–Trinajstić information content (AvgIpc) is 2.30. The molecule has 2 aliphatic heterocycles. The normalized spacial score (nSPS) is 21.5.